The number of hydrogen-bond donors (Lipinski definition) is 1. The molecule has 2 N–H and O–H groups in total. The van der Waals surface area contributed by atoms with Crippen LogP contribution in [0.4, 0.5) is 0 Å². The Bertz CT molecular complexity index is 1130. The molecule has 0 saturated carbocycles. The lowest BCUT2D eigenvalue weighted by Crippen LogP contribution is -2.20. The molecule has 2 heterocycles. The molecular formula is C20H18ClN3O. The van der Waals surface area contributed by atoms with Gasteiger partial charge < -0.3 is 14.9 Å². The Morgan fingerprint density at radius 3 is 2.52 bits per heavy atom. The van der Waals surface area contributed by atoms with E-state index in [0.717, 1.165) is 28.4 Å². The van der Waals surface area contributed by atoms with Gasteiger partial charge in [0.25, 0.3) is 5.56 Å². The van der Waals surface area contributed by atoms with Crippen LogP contribution in [0.5, 0.6) is 0 Å². The molecule has 4 aromatic rings. The molecular weight excluding hydrogens is 334 g/mol. The van der Waals surface area contributed by atoms with E-state index in [9.17, 15) is 4.79 Å². The van der Waals surface area contributed by atoms with Crippen LogP contribution in [-0.2, 0) is 13.1 Å². The molecule has 0 aliphatic heterocycles. The van der Waals surface area contributed by atoms with Gasteiger partial charge in [0.15, 0.2) is 0 Å². The zero-order valence-electron chi connectivity index (χ0n) is 13.7. The largest absolute Gasteiger partial charge is 0.346 e. The van der Waals surface area contributed by atoms with Gasteiger partial charge in [-0.1, -0.05) is 35.9 Å². The lowest BCUT2D eigenvalue weighted by atomic mass is 10.1. The van der Waals surface area contributed by atoms with E-state index in [1.165, 1.54) is 0 Å². The highest BCUT2D eigenvalue weighted by atomic mass is 35.5. The molecule has 126 valence electrons. The van der Waals surface area contributed by atoms with E-state index in [-0.39, 0.29) is 5.56 Å². The first-order valence-corrected chi connectivity index (χ1v) is 8.61. The minimum atomic E-state index is -0.0141. The number of pyridine rings is 1. The number of nitrogens with zero attached hydrogens (tertiary/aromatic N) is 2. The standard InChI is InChI=1S/C20H18ClN3O/c21-18-4-2-1-3-15(18)13-24-11-8-16-17(20(24)25)6-5-14-7-10-23(12-9-22)19(14)16/h1-8,10-11H,9,12-13,22H2. The van der Waals surface area contributed by atoms with Crippen molar-refractivity contribution in [2.45, 2.75) is 13.1 Å². The van der Waals surface area contributed by atoms with Crippen LogP contribution in [0, 0.1) is 0 Å². The number of nitrogens with two attached hydrogens (primary N) is 1. The van der Waals surface area contributed by atoms with Gasteiger partial charge in [-0.15, -0.1) is 0 Å². The molecule has 0 radical (unpaired) electrons. The number of benzene rings is 2. The summed E-state index contributed by atoms with van der Waals surface area (Å²) in [5.41, 5.74) is 7.68. The van der Waals surface area contributed by atoms with Crippen molar-refractivity contribution >= 4 is 33.3 Å². The molecule has 0 aliphatic rings. The van der Waals surface area contributed by atoms with Crippen molar-refractivity contribution in [3.8, 4) is 0 Å². The molecule has 0 saturated heterocycles. The predicted octanol–water partition coefficient (Wildman–Crippen LogP) is 3.62. The molecule has 0 amide bonds. The first kappa shape index (κ1) is 15.9. The highest BCUT2D eigenvalue weighted by molar-refractivity contribution is 6.31. The highest BCUT2D eigenvalue weighted by Crippen LogP contribution is 2.25. The number of rotatable bonds is 4. The maximum absolute atomic E-state index is 13.0. The fourth-order valence-corrected chi connectivity index (χ4v) is 3.52. The molecule has 0 spiro atoms. The summed E-state index contributed by atoms with van der Waals surface area (Å²) in [6.07, 6.45) is 3.86. The van der Waals surface area contributed by atoms with Crippen LogP contribution >= 0.6 is 11.6 Å². The molecule has 0 bridgehead atoms. The lowest BCUT2D eigenvalue weighted by Gasteiger charge is -2.11. The fourth-order valence-electron chi connectivity index (χ4n) is 3.33. The summed E-state index contributed by atoms with van der Waals surface area (Å²) in [4.78, 5) is 13.0. The Labute approximate surface area is 150 Å². The second kappa shape index (κ2) is 6.39. The van der Waals surface area contributed by atoms with Gasteiger partial charge in [0.2, 0.25) is 0 Å². The van der Waals surface area contributed by atoms with Gasteiger partial charge >= 0.3 is 0 Å². The number of halogens is 1. The molecule has 0 atom stereocenters. The van der Waals surface area contributed by atoms with Crippen molar-refractivity contribution < 1.29 is 0 Å². The molecule has 25 heavy (non-hydrogen) atoms. The highest BCUT2D eigenvalue weighted by Gasteiger charge is 2.10. The van der Waals surface area contributed by atoms with Crippen molar-refractivity contribution in [2.75, 3.05) is 6.54 Å². The summed E-state index contributed by atoms with van der Waals surface area (Å²) < 4.78 is 3.81. The average Bonchev–Trinajstić information content (AvgIpc) is 3.03. The van der Waals surface area contributed by atoms with E-state index >= 15 is 0 Å². The van der Waals surface area contributed by atoms with E-state index in [2.05, 4.69) is 10.6 Å². The van der Waals surface area contributed by atoms with Crippen molar-refractivity contribution in [3.63, 3.8) is 0 Å². The molecule has 4 rings (SSSR count). The van der Waals surface area contributed by atoms with Crippen molar-refractivity contribution in [1.82, 2.24) is 9.13 Å². The molecule has 0 aliphatic carbocycles. The van der Waals surface area contributed by atoms with Gasteiger partial charge in [0.05, 0.1) is 12.1 Å². The number of aromatic nitrogens is 2. The lowest BCUT2D eigenvalue weighted by molar-refractivity contribution is 0.736. The molecule has 0 fully saturated rings. The van der Waals surface area contributed by atoms with Crippen LogP contribution in [0.15, 0.2) is 65.7 Å². The van der Waals surface area contributed by atoms with Crippen molar-refractivity contribution in [1.29, 1.82) is 0 Å². The number of hydrogen-bond acceptors (Lipinski definition) is 2. The molecule has 5 heteroatoms. The maximum atomic E-state index is 13.0. The summed E-state index contributed by atoms with van der Waals surface area (Å²) in [5, 5.41) is 3.45. The van der Waals surface area contributed by atoms with Gasteiger partial charge in [-0.05, 0) is 29.8 Å². The topological polar surface area (TPSA) is 52.9 Å². The van der Waals surface area contributed by atoms with Crippen molar-refractivity contribution in [3.05, 3.63) is 81.9 Å². The average molecular weight is 352 g/mol. The minimum absolute atomic E-state index is 0.0141. The maximum Gasteiger partial charge on any atom is 0.258 e. The van der Waals surface area contributed by atoms with E-state index in [1.807, 2.05) is 54.9 Å². The summed E-state index contributed by atoms with van der Waals surface area (Å²) in [5.74, 6) is 0. The van der Waals surface area contributed by atoms with E-state index in [4.69, 9.17) is 17.3 Å². The van der Waals surface area contributed by atoms with E-state index in [1.54, 1.807) is 4.57 Å². The minimum Gasteiger partial charge on any atom is -0.346 e. The van der Waals surface area contributed by atoms with Crippen LogP contribution in [0.3, 0.4) is 0 Å². The Morgan fingerprint density at radius 1 is 0.920 bits per heavy atom. The van der Waals surface area contributed by atoms with Gasteiger partial charge in [-0.3, -0.25) is 4.79 Å². The Balaban J connectivity index is 1.88. The van der Waals surface area contributed by atoms with Crippen LogP contribution in [0.25, 0.3) is 21.7 Å². The molecule has 0 unspecified atom stereocenters. The second-order valence-corrected chi connectivity index (χ2v) is 6.51. The van der Waals surface area contributed by atoms with Crippen LogP contribution in [0.2, 0.25) is 5.02 Å². The third-order valence-corrected chi connectivity index (χ3v) is 4.92. The summed E-state index contributed by atoms with van der Waals surface area (Å²) in [6.45, 7) is 1.74. The third-order valence-electron chi connectivity index (χ3n) is 4.55. The summed E-state index contributed by atoms with van der Waals surface area (Å²) in [6, 6.07) is 15.5. The zero-order chi connectivity index (χ0) is 17.4. The first-order chi connectivity index (χ1) is 12.2. The zero-order valence-corrected chi connectivity index (χ0v) is 14.4. The van der Waals surface area contributed by atoms with Crippen LogP contribution in [-0.4, -0.2) is 15.7 Å². The normalized spacial score (nSPS) is 11.4. The summed E-state index contributed by atoms with van der Waals surface area (Å²) in [7, 11) is 0. The van der Waals surface area contributed by atoms with Gasteiger partial charge in [-0.2, -0.15) is 0 Å². The first-order valence-electron chi connectivity index (χ1n) is 8.23. The SMILES string of the molecule is NCCn1ccc2ccc3c(=O)n(Cc4ccccc4Cl)ccc3c21. The van der Waals surface area contributed by atoms with Gasteiger partial charge in [0.1, 0.15) is 0 Å². The van der Waals surface area contributed by atoms with Crippen LogP contribution in [0.1, 0.15) is 5.56 Å². The molecule has 2 aromatic heterocycles. The Morgan fingerprint density at radius 2 is 1.72 bits per heavy atom. The van der Waals surface area contributed by atoms with Crippen molar-refractivity contribution in [2.24, 2.45) is 5.73 Å². The Kier molecular flexibility index (Phi) is 4.07. The van der Waals surface area contributed by atoms with Gasteiger partial charge in [-0.25, -0.2) is 0 Å². The van der Waals surface area contributed by atoms with Crippen LogP contribution < -0.4 is 11.3 Å². The second-order valence-electron chi connectivity index (χ2n) is 6.10. The quantitative estimate of drug-likeness (QED) is 0.610. The smallest absolute Gasteiger partial charge is 0.258 e. The monoisotopic (exact) mass is 351 g/mol. The predicted molar refractivity (Wildman–Crippen MR) is 103 cm³/mol. The Hall–Kier alpha value is -2.56. The third kappa shape index (κ3) is 2.73. The summed E-state index contributed by atoms with van der Waals surface area (Å²) >= 11 is 6.23. The van der Waals surface area contributed by atoms with E-state index in [0.29, 0.717) is 23.5 Å². The van der Waals surface area contributed by atoms with Gasteiger partial charge in [0, 0.05) is 46.7 Å². The van der Waals surface area contributed by atoms with E-state index < -0.39 is 0 Å². The fraction of sp³-hybridized carbons (Fsp3) is 0.150. The molecule has 4 nitrogen and oxygen atoms in total. The molecule has 2 aromatic carbocycles. The number of fused-ring (bicyclic) bond motifs is 3.